The third kappa shape index (κ3) is 3.69. The van der Waals surface area contributed by atoms with E-state index in [0.29, 0.717) is 18.0 Å². The van der Waals surface area contributed by atoms with Gasteiger partial charge in [-0.15, -0.1) is 0 Å². The number of pyridine rings is 1. The largest absolute Gasteiger partial charge is 0.465 e. The van der Waals surface area contributed by atoms with Crippen molar-refractivity contribution >= 4 is 17.7 Å². The van der Waals surface area contributed by atoms with Crippen LogP contribution in [0.15, 0.2) is 18.3 Å². The fourth-order valence-corrected chi connectivity index (χ4v) is 2.38. The number of Topliss-reactive ketones (excluding diaryl/α,β-unsaturated/α-hetero) is 1. The average molecular weight is 277 g/mol. The first-order valence-electron chi connectivity index (χ1n) is 6.75. The summed E-state index contributed by atoms with van der Waals surface area (Å²) in [5.74, 6) is 1.28. The molecule has 6 nitrogen and oxygen atoms in total. The van der Waals surface area contributed by atoms with E-state index in [1.807, 2.05) is 6.07 Å². The molecule has 0 aliphatic carbocycles. The van der Waals surface area contributed by atoms with Gasteiger partial charge >= 0.3 is 6.09 Å². The summed E-state index contributed by atoms with van der Waals surface area (Å²) in [4.78, 5) is 28.1. The predicted octanol–water partition coefficient (Wildman–Crippen LogP) is 1.77. The van der Waals surface area contributed by atoms with Crippen LogP contribution in [0.2, 0.25) is 0 Å². The molecule has 2 N–H and O–H groups in total. The molecule has 2 rings (SSSR count). The second-order valence-electron chi connectivity index (χ2n) is 5.08. The number of nitrogens with zero attached hydrogens (tertiary/aromatic N) is 2. The van der Waals surface area contributed by atoms with Gasteiger partial charge in [-0.3, -0.25) is 4.79 Å². The van der Waals surface area contributed by atoms with Crippen LogP contribution in [0.3, 0.4) is 0 Å². The summed E-state index contributed by atoms with van der Waals surface area (Å²) in [5.41, 5.74) is 0.620. The molecule has 0 aromatic carbocycles. The average Bonchev–Trinajstić information content (AvgIpc) is 2.46. The molecule has 1 aliphatic heterocycles. The summed E-state index contributed by atoms with van der Waals surface area (Å²) >= 11 is 0. The Kier molecular flexibility index (Phi) is 4.55. The zero-order valence-corrected chi connectivity index (χ0v) is 11.5. The topological polar surface area (TPSA) is 82.5 Å². The zero-order valence-electron chi connectivity index (χ0n) is 11.5. The van der Waals surface area contributed by atoms with Crippen molar-refractivity contribution in [3.05, 3.63) is 23.9 Å². The lowest BCUT2D eigenvalue weighted by molar-refractivity contribution is 0.101. The van der Waals surface area contributed by atoms with Gasteiger partial charge in [-0.05, 0) is 37.8 Å². The van der Waals surface area contributed by atoms with Gasteiger partial charge in [0.2, 0.25) is 0 Å². The van der Waals surface area contributed by atoms with Crippen molar-refractivity contribution in [3.63, 3.8) is 0 Å². The van der Waals surface area contributed by atoms with E-state index in [1.54, 1.807) is 12.3 Å². The van der Waals surface area contributed by atoms with Crippen molar-refractivity contribution in [2.24, 2.45) is 5.92 Å². The molecule has 0 bridgehead atoms. The van der Waals surface area contributed by atoms with Crippen molar-refractivity contribution in [1.29, 1.82) is 0 Å². The number of hydrogen-bond donors (Lipinski definition) is 2. The second kappa shape index (κ2) is 6.36. The molecule has 1 aliphatic rings. The molecule has 1 saturated heterocycles. The van der Waals surface area contributed by atoms with Gasteiger partial charge in [-0.25, -0.2) is 9.78 Å². The highest BCUT2D eigenvalue weighted by Crippen LogP contribution is 2.21. The molecule has 1 aromatic heterocycles. The van der Waals surface area contributed by atoms with Gasteiger partial charge in [0.25, 0.3) is 0 Å². The molecule has 2 heterocycles. The van der Waals surface area contributed by atoms with E-state index in [-0.39, 0.29) is 5.78 Å². The Balaban J connectivity index is 1.87. The molecule has 0 spiro atoms. The standard InChI is InChI=1S/C14H19N3O3/c1-10(18)12-2-3-13(15-9-12)17-6-4-11(5-7-17)8-16-14(19)20/h2-3,9,11,16H,4-8H2,1H3,(H,19,20). The molecule has 6 heteroatoms. The number of aromatic nitrogens is 1. The van der Waals surface area contributed by atoms with Crippen LogP contribution in [0.4, 0.5) is 10.6 Å². The minimum atomic E-state index is -0.964. The van der Waals surface area contributed by atoms with Crippen molar-refractivity contribution in [2.75, 3.05) is 24.5 Å². The number of carboxylic acid groups (broad SMARTS) is 1. The van der Waals surface area contributed by atoms with Gasteiger partial charge in [0.05, 0.1) is 0 Å². The lowest BCUT2D eigenvalue weighted by Gasteiger charge is -2.32. The molecule has 20 heavy (non-hydrogen) atoms. The minimum absolute atomic E-state index is 0.0162. The van der Waals surface area contributed by atoms with Gasteiger partial charge in [0.1, 0.15) is 5.82 Å². The monoisotopic (exact) mass is 277 g/mol. The number of anilines is 1. The number of nitrogens with one attached hydrogen (secondary N) is 1. The van der Waals surface area contributed by atoms with Gasteiger partial charge in [-0.1, -0.05) is 0 Å². The molecular formula is C14H19N3O3. The van der Waals surface area contributed by atoms with E-state index in [9.17, 15) is 9.59 Å². The Morgan fingerprint density at radius 2 is 2.10 bits per heavy atom. The number of carbonyl (C=O) groups is 2. The lowest BCUT2D eigenvalue weighted by atomic mass is 9.97. The molecule has 1 amide bonds. The maximum Gasteiger partial charge on any atom is 0.404 e. The molecule has 0 saturated carbocycles. The SMILES string of the molecule is CC(=O)c1ccc(N2CCC(CNC(=O)O)CC2)nc1. The summed E-state index contributed by atoms with van der Waals surface area (Å²) in [6, 6.07) is 3.66. The molecular weight excluding hydrogens is 258 g/mol. The highest BCUT2D eigenvalue weighted by Gasteiger charge is 2.20. The summed E-state index contributed by atoms with van der Waals surface area (Å²) in [6.45, 7) is 3.76. The van der Waals surface area contributed by atoms with Crippen LogP contribution in [0.5, 0.6) is 0 Å². The smallest absolute Gasteiger partial charge is 0.404 e. The minimum Gasteiger partial charge on any atom is -0.465 e. The van der Waals surface area contributed by atoms with Gasteiger partial charge in [0, 0.05) is 31.4 Å². The summed E-state index contributed by atoms with van der Waals surface area (Å²) in [5, 5.41) is 11.0. The van der Waals surface area contributed by atoms with Crippen LogP contribution in [0, 0.1) is 5.92 Å². The Hall–Kier alpha value is -2.11. The fourth-order valence-electron chi connectivity index (χ4n) is 2.38. The third-order valence-corrected chi connectivity index (χ3v) is 3.63. The van der Waals surface area contributed by atoms with Crippen LogP contribution in [0.1, 0.15) is 30.1 Å². The quantitative estimate of drug-likeness (QED) is 0.820. The van der Waals surface area contributed by atoms with E-state index in [4.69, 9.17) is 5.11 Å². The first-order valence-corrected chi connectivity index (χ1v) is 6.75. The van der Waals surface area contributed by atoms with E-state index in [1.165, 1.54) is 6.92 Å². The van der Waals surface area contributed by atoms with Crippen molar-refractivity contribution in [3.8, 4) is 0 Å². The second-order valence-corrected chi connectivity index (χ2v) is 5.08. The van der Waals surface area contributed by atoms with E-state index in [2.05, 4.69) is 15.2 Å². The Morgan fingerprint density at radius 3 is 2.60 bits per heavy atom. The third-order valence-electron chi connectivity index (χ3n) is 3.63. The van der Waals surface area contributed by atoms with Crippen LogP contribution < -0.4 is 10.2 Å². The zero-order chi connectivity index (χ0) is 14.5. The lowest BCUT2D eigenvalue weighted by Crippen LogP contribution is -2.38. The number of piperidine rings is 1. The number of hydrogen-bond acceptors (Lipinski definition) is 4. The van der Waals surface area contributed by atoms with Crippen molar-refractivity contribution < 1.29 is 14.7 Å². The Labute approximate surface area is 117 Å². The van der Waals surface area contributed by atoms with Crippen LogP contribution in [-0.2, 0) is 0 Å². The van der Waals surface area contributed by atoms with Gasteiger partial charge < -0.3 is 15.3 Å². The number of ketones is 1. The maximum absolute atomic E-state index is 11.2. The predicted molar refractivity (Wildman–Crippen MR) is 75.2 cm³/mol. The molecule has 1 fully saturated rings. The van der Waals surface area contributed by atoms with Crippen molar-refractivity contribution in [2.45, 2.75) is 19.8 Å². The number of carbonyl (C=O) groups excluding carboxylic acids is 1. The van der Waals surface area contributed by atoms with Crippen LogP contribution in [0.25, 0.3) is 0 Å². The summed E-state index contributed by atoms with van der Waals surface area (Å²) < 4.78 is 0. The normalized spacial score (nSPS) is 15.9. The highest BCUT2D eigenvalue weighted by atomic mass is 16.4. The van der Waals surface area contributed by atoms with E-state index >= 15 is 0 Å². The van der Waals surface area contributed by atoms with Gasteiger partial charge in [0.15, 0.2) is 5.78 Å². The van der Waals surface area contributed by atoms with Crippen molar-refractivity contribution in [1.82, 2.24) is 10.3 Å². The molecule has 108 valence electrons. The number of amides is 1. The van der Waals surface area contributed by atoms with Crippen LogP contribution in [-0.4, -0.2) is 41.6 Å². The van der Waals surface area contributed by atoms with Gasteiger partial charge in [-0.2, -0.15) is 0 Å². The Bertz CT molecular complexity index is 479. The molecule has 0 unspecified atom stereocenters. The summed E-state index contributed by atoms with van der Waals surface area (Å²) in [7, 11) is 0. The Morgan fingerprint density at radius 1 is 1.40 bits per heavy atom. The fraction of sp³-hybridized carbons (Fsp3) is 0.500. The summed E-state index contributed by atoms with van der Waals surface area (Å²) in [6.07, 6.45) is 2.52. The van der Waals surface area contributed by atoms with Crippen LogP contribution >= 0.6 is 0 Å². The molecule has 0 atom stereocenters. The highest BCUT2D eigenvalue weighted by molar-refractivity contribution is 5.93. The molecule has 0 radical (unpaired) electrons. The first kappa shape index (κ1) is 14.3. The first-order chi connectivity index (χ1) is 9.56. The number of rotatable bonds is 4. The maximum atomic E-state index is 11.2. The van der Waals surface area contributed by atoms with E-state index in [0.717, 1.165) is 31.7 Å². The molecule has 1 aromatic rings. The van der Waals surface area contributed by atoms with E-state index < -0.39 is 6.09 Å².